The van der Waals surface area contributed by atoms with E-state index in [1.165, 1.54) is 12.1 Å². The monoisotopic (exact) mass is 324 g/mol. The number of sulfonamides is 1. The second-order valence-corrected chi connectivity index (χ2v) is 7.20. The van der Waals surface area contributed by atoms with Gasteiger partial charge in [0.1, 0.15) is 4.90 Å². The van der Waals surface area contributed by atoms with Crippen molar-refractivity contribution in [3.05, 3.63) is 28.2 Å². The average Bonchev–Trinajstić information content (AvgIpc) is 2.30. The molecule has 0 amide bonds. The van der Waals surface area contributed by atoms with Gasteiger partial charge < -0.3 is 5.73 Å². The summed E-state index contributed by atoms with van der Waals surface area (Å²) in [4.78, 5) is -0.0242. The molecular formula is C12H18Cl2N2O2S. The summed E-state index contributed by atoms with van der Waals surface area (Å²) in [5, 5.41) is 0.231. The normalized spacial score (nSPS) is 13.8. The summed E-state index contributed by atoms with van der Waals surface area (Å²) in [7, 11) is -3.72. The Morgan fingerprint density at radius 2 is 1.95 bits per heavy atom. The van der Waals surface area contributed by atoms with E-state index < -0.39 is 10.0 Å². The third kappa shape index (κ3) is 4.61. The van der Waals surface area contributed by atoms with E-state index in [2.05, 4.69) is 4.72 Å². The van der Waals surface area contributed by atoms with E-state index in [4.69, 9.17) is 28.9 Å². The van der Waals surface area contributed by atoms with Crippen molar-refractivity contribution in [3.8, 4) is 0 Å². The Morgan fingerprint density at radius 3 is 2.47 bits per heavy atom. The van der Waals surface area contributed by atoms with E-state index >= 15 is 0 Å². The summed E-state index contributed by atoms with van der Waals surface area (Å²) in [5.74, 6) is 0.339. The summed E-state index contributed by atoms with van der Waals surface area (Å²) in [6.07, 6.45) is 0.661. The Bertz CT molecular complexity index is 533. The van der Waals surface area contributed by atoms with Crippen LogP contribution in [-0.4, -0.2) is 21.0 Å². The largest absolute Gasteiger partial charge is 0.329 e. The number of rotatable bonds is 6. The van der Waals surface area contributed by atoms with Crippen molar-refractivity contribution in [2.45, 2.75) is 31.2 Å². The Morgan fingerprint density at radius 1 is 1.32 bits per heavy atom. The first-order valence-corrected chi connectivity index (χ1v) is 8.18. The van der Waals surface area contributed by atoms with E-state index in [9.17, 15) is 8.42 Å². The number of hydrogen-bond acceptors (Lipinski definition) is 3. The van der Waals surface area contributed by atoms with Gasteiger partial charge in [0.05, 0.1) is 10.0 Å². The van der Waals surface area contributed by atoms with Crippen molar-refractivity contribution >= 4 is 33.2 Å². The van der Waals surface area contributed by atoms with Gasteiger partial charge in [0, 0.05) is 12.6 Å². The molecule has 0 bridgehead atoms. The van der Waals surface area contributed by atoms with Crippen LogP contribution in [0.2, 0.25) is 10.0 Å². The zero-order chi connectivity index (χ0) is 14.6. The minimum atomic E-state index is -3.72. The fourth-order valence-corrected chi connectivity index (χ4v) is 3.76. The molecule has 1 unspecified atom stereocenters. The van der Waals surface area contributed by atoms with Crippen molar-refractivity contribution in [2.75, 3.05) is 6.54 Å². The Balaban J connectivity index is 3.01. The predicted octanol–water partition coefficient (Wildman–Crippen LogP) is 2.65. The van der Waals surface area contributed by atoms with Crippen molar-refractivity contribution < 1.29 is 8.42 Å². The highest BCUT2D eigenvalue weighted by Gasteiger charge is 2.23. The SMILES string of the molecule is CC(C)CC(CN)NS(=O)(=O)c1cccc(Cl)c1Cl. The topological polar surface area (TPSA) is 72.2 Å². The van der Waals surface area contributed by atoms with Crippen LogP contribution in [0.15, 0.2) is 23.1 Å². The first-order valence-electron chi connectivity index (χ1n) is 5.94. The van der Waals surface area contributed by atoms with Gasteiger partial charge in [-0.15, -0.1) is 0 Å². The van der Waals surface area contributed by atoms with Crippen LogP contribution in [0.25, 0.3) is 0 Å². The molecule has 0 radical (unpaired) electrons. The van der Waals surface area contributed by atoms with Gasteiger partial charge in [-0.1, -0.05) is 43.1 Å². The molecule has 1 atom stereocenters. The van der Waals surface area contributed by atoms with Crippen LogP contribution in [0.4, 0.5) is 0 Å². The molecule has 19 heavy (non-hydrogen) atoms. The third-order valence-corrected chi connectivity index (χ3v) is 5.06. The van der Waals surface area contributed by atoms with Gasteiger partial charge in [-0.05, 0) is 24.5 Å². The molecule has 0 saturated carbocycles. The number of nitrogens with one attached hydrogen (secondary N) is 1. The highest BCUT2D eigenvalue weighted by molar-refractivity contribution is 7.89. The summed E-state index contributed by atoms with van der Waals surface area (Å²) >= 11 is 11.8. The number of nitrogens with two attached hydrogens (primary N) is 1. The quantitative estimate of drug-likeness (QED) is 0.844. The molecule has 0 spiro atoms. The molecule has 3 N–H and O–H groups in total. The fourth-order valence-electron chi connectivity index (χ4n) is 1.74. The molecule has 0 saturated heterocycles. The van der Waals surface area contributed by atoms with Gasteiger partial charge in [0.15, 0.2) is 0 Å². The van der Waals surface area contributed by atoms with Crippen molar-refractivity contribution in [1.82, 2.24) is 4.72 Å². The molecule has 0 aliphatic heterocycles. The Hall–Kier alpha value is -0.330. The van der Waals surface area contributed by atoms with Gasteiger partial charge in [-0.25, -0.2) is 13.1 Å². The molecule has 0 heterocycles. The van der Waals surface area contributed by atoms with E-state index in [1.54, 1.807) is 6.07 Å². The van der Waals surface area contributed by atoms with Crippen molar-refractivity contribution in [3.63, 3.8) is 0 Å². The smallest absolute Gasteiger partial charge is 0.242 e. The minimum Gasteiger partial charge on any atom is -0.329 e. The first kappa shape index (κ1) is 16.7. The van der Waals surface area contributed by atoms with Crippen LogP contribution in [0.5, 0.6) is 0 Å². The van der Waals surface area contributed by atoms with E-state index in [1.807, 2.05) is 13.8 Å². The summed E-state index contributed by atoms with van der Waals surface area (Å²) < 4.78 is 27.1. The molecular weight excluding hydrogens is 307 g/mol. The highest BCUT2D eigenvalue weighted by atomic mass is 35.5. The van der Waals surface area contributed by atoms with E-state index in [0.29, 0.717) is 12.3 Å². The van der Waals surface area contributed by atoms with Crippen molar-refractivity contribution in [2.24, 2.45) is 11.7 Å². The number of benzene rings is 1. The maximum absolute atomic E-state index is 12.2. The standard InChI is InChI=1S/C12H18Cl2N2O2S/c1-8(2)6-9(7-15)16-19(17,18)11-5-3-4-10(13)12(11)14/h3-5,8-9,16H,6-7,15H2,1-2H3. The Labute approximate surface area is 124 Å². The maximum atomic E-state index is 12.2. The lowest BCUT2D eigenvalue weighted by Gasteiger charge is -2.19. The van der Waals surface area contributed by atoms with Crippen LogP contribution >= 0.6 is 23.2 Å². The molecule has 108 valence electrons. The van der Waals surface area contributed by atoms with Crippen LogP contribution in [-0.2, 0) is 10.0 Å². The second-order valence-electron chi connectivity index (χ2n) is 4.74. The van der Waals surface area contributed by atoms with Crippen LogP contribution in [0.1, 0.15) is 20.3 Å². The summed E-state index contributed by atoms with van der Waals surface area (Å²) in [6, 6.07) is 4.18. The lowest BCUT2D eigenvalue weighted by molar-refractivity contribution is 0.465. The third-order valence-electron chi connectivity index (χ3n) is 2.57. The van der Waals surface area contributed by atoms with E-state index in [-0.39, 0.29) is 27.5 Å². The van der Waals surface area contributed by atoms with E-state index in [0.717, 1.165) is 0 Å². The first-order chi connectivity index (χ1) is 8.77. The molecule has 0 aliphatic rings. The van der Waals surface area contributed by atoms with Gasteiger partial charge >= 0.3 is 0 Å². The Kier molecular flexibility index (Phi) is 6.08. The lowest BCUT2D eigenvalue weighted by atomic mass is 10.1. The molecule has 7 heteroatoms. The summed E-state index contributed by atoms with van der Waals surface area (Å²) in [5.41, 5.74) is 5.59. The molecule has 1 aromatic rings. The van der Waals surface area contributed by atoms with Gasteiger partial charge in [0.25, 0.3) is 0 Å². The van der Waals surface area contributed by atoms with Crippen LogP contribution in [0, 0.1) is 5.92 Å². The fraction of sp³-hybridized carbons (Fsp3) is 0.500. The maximum Gasteiger partial charge on any atom is 0.242 e. The molecule has 4 nitrogen and oxygen atoms in total. The van der Waals surface area contributed by atoms with Gasteiger partial charge in [0.2, 0.25) is 10.0 Å². The molecule has 0 aromatic heterocycles. The molecule has 0 aliphatic carbocycles. The minimum absolute atomic E-state index is 0.0242. The van der Waals surface area contributed by atoms with Crippen molar-refractivity contribution in [1.29, 1.82) is 0 Å². The zero-order valence-electron chi connectivity index (χ0n) is 10.9. The molecule has 1 rings (SSSR count). The zero-order valence-corrected chi connectivity index (χ0v) is 13.2. The molecule has 1 aromatic carbocycles. The van der Waals surface area contributed by atoms with Gasteiger partial charge in [-0.2, -0.15) is 0 Å². The van der Waals surface area contributed by atoms with Crippen LogP contribution < -0.4 is 10.5 Å². The predicted molar refractivity (Wildman–Crippen MR) is 79.1 cm³/mol. The second kappa shape index (κ2) is 6.90. The number of halogens is 2. The summed E-state index contributed by atoms with van der Waals surface area (Å²) in [6.45, 7) is 4.24. The van der Waals surface area contributed by atoms with Crippen LogP contribution in [0.3, 0.4) is 0 Å². The highest BCUT2D eigenvalue weighted by Crippen LogP contribution is 2.29. The van der Waals surface area contributed by atoms with Gasteiger partial charge in [-0.3, -0.25) is 0 Å². The average molecular weight is 325 g/mol. The lowest BCUT2D eigenvalue weighted by Crippen LogP contribution is -2.41. The number of hydrogen-bond donors (Lipinski definition) is 2. The molecule has 0 fully saturated rings.